The number of amides is 1. The lowest BCUT2D eigenvalue weighted by atomic mass is 9.98. The summed E-state index contributed by atoms with van der Waals surface area (Å²) in [4.78, 5) is 14.4. The van der Waals surface area contributed by atoms with Gasteiger partial charge < -0.3 is 19.6 Å². The molecule has 23 heavy (non-hydrogen) atoms. The molecule has 2 aromatic rings. The highest BCUT2D eigenvalue weighted by atomic mass is 16.6. The highest BCUT2D eigenvalue weighted by Crippen LogP contribution is 2.26. The summed E-state index contributed by atoms with van der Waals surface area (Å²) in [7, 11) is -1.85. The van der Waals surface area contributed by atoms with Crippen LogP contribution in [0.3, 0.4) is 0 Å². The van der Waals surface area contributed by atoms with Crippen LogP contribution in [0.5, 0.6) is 5.75 Å². The lowest BCUT2D eigenvalue weighted by molar-refractivity contribution is 0.0773. The average molecular weight is 313 g/mol. The van der Waals surface area contributed by atoms with Crippen molar-refractivity contribution in [2.75, 3.05) is 13.1 Å². The van der Waals surface area contributed by atoms with Crippen LogP contribution in [0.1, 0.15) is 24.2 Å². The summed E-state index contributed by atoms with van der Waals surface area (Å²) in [6.45, 7) is 5.22. The maximum Gasteiger partial charge on any atom is 0.707 e. The predicted octanol–water partition coefficient (Wildman–Crippen LogP) is 2.18. The topological polar surface area (TPSA) is 70.0 Å². The molecule has 0 aliphatic carbocycles. The zero-order valence-electron chi connectivity index (χ0n) is 13.3. The lowest BCUT2D eigenvalue weighted by Gasteiger charge is -2.20. The van der Waals surface area contributed by atoms with Gasteiger partial charge in [0.25, 0.3) is 5.91 Å². The first-order valence-electron chi connectivity index (χ1n) is 7.58. The van der Waals surface area contributed by atoms with Crippen molar-refractivity contribution in [2.45, 2.75) is 13.8 Å². The third-order valence-corrected chi connectivity index (χ3v) is 3.61. The Labute approximate surface area is 136 Å². The molecule has 0 radical (unpaired) electrons. The monoisotopic (exact) mass is 313 g/mol. The van der Waals surface area contributed by atoms with Crippen LogP contribution in [0.15, 0.2) is 48.5 Å². The molecular formula is C17H20BNO4. The van der Waals surface area contributed by atoms with Gasteiger partial charge in [0.15, 0.2) is 0 Å². The molecule has 0 saturated heterocycles. The molecule has 0 unspecified atom stereocenters. The average Bonchev–Trinajstić information content (AvgIpc) is 2.56. The largest absolute Gasteiger partial charge is 0.707 e. The van der Waals surface area contributed by atoms with Gasteiger partial charge in [-0.1, -0.05) is 30.3 Å². The third kappa shape index (κ3) is 4.12. The van der Waals surface area contributed by atoms with E-state index < -0.39 is 7.32 Å². The van der Waals surface area contributed by atoms with Crippen molar-refractivity contribution in [2.24, 2.45) is 0 Å². The second kappa shape index (κ2) is 7.81. The van der Waals surface area contributed by atoms with E-state index in [0.717, 1.165) is 11.1 Å². The zero-order chi connectivity index (χ0) is 16.8. The highest BCUT2D eigenvalue weighted by Gasteiger charge is 2.17. The molecule has 0 aliphatic rings. The summed E-state index contributed by atoms with van der Waals surface area (Å²) in [5, 5.41) is 17.6. The van der Waals surface area contributed by atoms with Crippen molar-refractivity contribution in [3.05, 3.63) is 54.1 Å². The van der Waals surface area contributed by atoms with Gasteiger partial charge in [0, 0.05) is 18.7 Å². The van der Waals surface area contributed by atoms with E-state index in [1.54, 1.807) is 29.2 Å². The Morgan fingerprint density at radius 3 is 2.22 bits per heavy atom. The molecule has 0 atom stereocenters. The van der Waals surface area contributed by atoms with Crippen LogP contribution in [0.25, 0.3) is 11.1 Å². The summed E-state index contributed by atoms with van der Waals surface area (Å²) in [6, 6.07) is 14.3. The number of rotatable bonds is 6. The molecule has 1 amide bonds. The van der Waals surface area contributed by atoms with Crippen molar-refractivity contribution >= 4 is 13.2 Å². The summed E-state index contributed by atoms with van der Waals surface area (Å²) < 4.78 is 4.79. The van der Waals surface area contributed by atoms with E-state index in [-0.39, 0.29) is 5.91 Å². The van der Waals surface area contributed by atoms with E-state index >= 15 is 0 Å². The molecule has 0 saturated carbocycles. The first kappa shape index (κ1) is 17.1. The van der Waals surface area contributed by atoms with Gasteiger partial charge in [0.05, 0.1) is 0 Å². The first-order valence-corrected chi connectivity index (χ1v) is 7.58. The molecule has 2 aromatic carbocycles. The standard InChI is InChI=1S/C17H20BNO4/c1-3-19(4-2)17(20)16-8-6-5-7-15(16)13-9-11-14(12-10-13)23-18(21)22/h5-12,21-22H,3-4H2,1-2H3. The second-order valence-corrected chi connectivity index (χ2v) is 4.99. The maximum atomic E-state index is 12.6. The van der Waals surface area contributed by atoms with Crippen LogP contribution >= 0.6 is 0 Å². The molecule has 0 heterocycles. The van der Waals surface area contributed by atoms with E-state index in [4.69, 9.17) is 14.7 Å². The fourth-order valence-corrected chi connectivity index (χ4v) is 2.44. The molecule has 0 spiro atoms. The van der Waals surface area contributed by atoms with Gasteiger partial charge >= 0.3 is 7.32 Å². The molecule has 6 heteroatoms. The van der Waals surface area contributed by atoms with Crippen LogP contribution < -0.4 is 4.65 Å². The Morgan fingerprint density at radius 1 is 1.04 bits per heavy atom. The molecule has 0 bridgehead atoms. The molecule has 0 fully saturated rings. The van der Waals surface area contributed by atoms with Crippen LogP contribution in [0.2, 0.25) is 0 Å². The third-order valence-electron chi connectivity index (χ3n) is 3.61. The van der Waals surface area contributed by atoms with Crippen LogP contribution in [0.4, 0.5) is 0 Å². The van der Waals surface area contributed by atoms with Crippen LogP contribution in [-0.2, 0) is 0 Å². The Bertz CT molecular complexity index is 654. The van der Waals surface area contributed by atoms with Crippen molar-refractivity contribution in [1.29, 1.82) is 0 Å². The van der Waals surface area contributed by atoms with Crippen LogP contribution in [-0.4, -0.2) is 41.3 Å². The number of carbonyl (C=O) groups excluding carboxylic acids is 1. The molecule has 5 nitrogen and oxygen atoms in total. The number of benzene rings is 2. The van der Waals surface area contributed by atoms with E-state index in [1.807, 2.05) is 38.1 Å². The molecule has 0 aromatic heterocycles. The quantitative estimate of drug-likeness (QED) is 0.802. The summed E-state index contributed by atoms with van der Waals surface area (Å²) in [5.41, 5.74) is 2.34. The first-order chi connectivity index (χ1) is 11.1. The van der Waals surface area contributed by atoms with E-state index in [2.05, 4.69) is 0 Å². The second-order valence-electron chi connectivity index (χ2n) is 4.99. The van der Waals surface area contributed by atoms with Crippen molar-refractivity contribution < 1.29 is 19.5 Å². The van der Waals surface area contributed by atoms with Crippen molar-refractivity contribution in [3.63, 3.8) is 0 Å². The normalized spacial score (nSPS) is 10.3. The minimum atomic E-state index is -1.85. The number of carbonyl (C=O) groups is 1. The Morgan fingerprint density at radius 2 is 1.65 bits per heavy atom. The molecular weight excluding hydrogens is 293 g/mol. The SMILES string of the molecule is CCN(CC)C(=O)c1ccccc1-c1ccc(OB(O)O)cc1. The van der Waals surface area contributed by atoms with Gasteiger partial charge in [0.2, 0.25) is 0 Å². The van der Waals surface area contributed by atoms with Gasteiger partial charge in [-0.25, -0.2) is 0 Å². The lowest BCUT2D eigenvalue weighted by Crippen LogP contribution is -2.30. The highest BCUT2D eigenvalue weighted by molar-refractivity contribution is 6.33. The molecule has 120 valence electrons. The Kier molecular flexibility index (Phi) is 5.79. The Hall–Kier alpha value is -2.31. The van der Waals surface area contributed by atoms with E-state index in [1.165, 1.54) is 0 Å². The summed E-state index contributed by atoms with van der Waals surface area (Å²) in [5.74, 6) is 0.341. The summed E-state index contributed by atoms with van der Waals surface area (Å²) in [6.07, 6.45) is 0. The minimum Gasteiger partial charge on any atom is -0.512 e. The number of hydrogen-bond acceptors (Lipinski definition) is 4. The fourth-order valence-electron chi connectivity index (χ4n) is 2.44. The fraction of sp³-hybridized carbons (Fsp3) is 0.235. The van der Waals surface area contributed by atoms with Crippen LogP contribution in [0, 0.1) is 0 Å². The van der Waals surface area contributed by atoms with Gasteiger partial charge in [-0.05, 0) is 43.2 Å². The van der Waals surface area contributed by atoms with Gasteiger partial charge in [0.1, 0.15) is 5.75 Å². The zero-order valence-corrected chi connectivity index (χ0v) is 13.3. The molecule has 0 aliphatic heterocycles. The minimum absolute atomic E-state index is 0.00305. The van der Waals surface area contributed by atoms with E-state index in [0.29, 0.717) is 24.4 Å². The predicted molar refractivity (Wildman–Crippen MR) is 89.9 cm³/mol. The number of hydrogen-bond donors (Lipinski definition) is 2. The summed E-state index contributed by atoms with van der Waals surface area (Å²) >= 11 is 0. The van der Waals surface area contributed by atoms with Crippen molar-refractivity contribution in [3.8, 4) is 16.9 Å². The molecule has 2 rings (SSSR count). The smallest absolute Gasteiger partial charge is 0.512 e. The van der Waals surface area contributed by atoms with Gasteiger partial charge in [-0.3, -0.25) is 4.79 Å². The number of nitrogens with zero attached hydrogens (tertiary/aromatic N) is 1. The van der Waals surface area contributed by atoms with Crippen molar-refractivity contribution in [1.82, 2.24) is 4.90 Å². The van der Waals surface area contributed by atoms with Gasteiger partial charge in [-0.2, -0.15) is 0 Å². The Balaban J connectivity index is 2.35. The maximum absolute atomic E-state index is 12.6. The van der Waals surface area contributed by atoms with Gasteiger partial charge in [-0.15, -0.1) is 0 Å². The molecule has 2 N–H and O–H groups in total. The van der Waals surface area contributed by atoms with E-state index in [9.17, 15) is 4.79 Å².